The van der Waals surface area contributed by atoms with Crippen LogP contribution in [0.4, 0.5) is 5.69 Å². The van der Waals surface area contributed by atoms with Crippen LogP contribution in [0.3, 0.4) is 0 Å². The number of ether oxygens (including phenoxy) is 1. The molecular weight excluding hydrogens is 350 g/mol. The smallest absolute Gasteiger partial charge is 0.353 e. The normalized spacial score (nSPS) is 28.7. The molecule has 2 amide bonds. The lowest BCUT2D eigenvalue weighted by Crippen LogP contribution is -2.32. The molecule has 0 radical (unpaired) electrons. The predicted molar refractivity (Wildman–Crippen MR) is 95.9 cm³/mol. The van der Waals surface area contributed by atoms with Gasteiger partial charge in [-0.2, -0.15) is 0 Å². The van der Waals surface area contributed by atoms with Crippen molar-refractivity contribution in [1.29, 1.82) is 0 Å². The van der Waals surface area contributed by atoms with Crippen molar-refractivity contribution < 1.29 is 19.1 Å². The van der Waals surface area contributed by atoms with Gasteiger partial charge in [0.2, 0.25) is 11.8 Å². The fourth-order valence-electron chi connectivity index (χ4n) is 4.39. The Morgan fingerprint density at radius 3 is 2.42 bits per heavy atom. The second kappa shape index (κ2) is 5.64. The zero-order valence-electron chi connectivity index (χ0n) is 13.7. The maximum atomic E-state index is 12.9. The monoisotopic (exact) mass is 365 g/mol. The molecule has 26 heavy (non-hydrogen) atoms. The highest BCUT2D eigenvalue weighted by Gasteiger charge is 2.59. The number of thiophene rings is 1. The van der Waals surface area contributed by atoms with Crippen LogP contribution in [0.1, 0.15) is 16.1 Å². The Morgan fingerprint density at radius 2 is 1.77 bits per heavy atom. The van der Waals surface area contributed by atoms with Gasteiger partial charge in [-0.1, -0.05) is 24.3 Å². The fraction of sp³-hybridized carbons (Fsp3) is 0.250. The van der Waals surface area contributed by atoms with Gasteiger partial charge < -0.3 is 4.74 Å². The van der Waals surface area contributed by atoms with Crippen molar-refractivity contribution >= 4 is 34.8 Å². The van der Waals surface area contributed by atoms with E-state index in [1.54, 1.807) is 41.8 Å². The first kappa shape index (κ1) is 15.5. The standard InChI is InChI=1S/C20H15NO4S/c22-18-16-11-6-7-12(9-11)17(16)19(23)21(18)13-3-1-4-14(10-13)25-20(24)15-5-2-8-26-15/h1-8,10-12,16-17H,9H2/t11-,12-,16+,17+/m0/s1. The molecular formula is C20H15NO4S. The molecule has 4 atom stereocenters. The van der Waals surface area contributed by atoms with Gasteiger partial charge in [-0.05, 0) is 41.8 Å². The molecule has 1 aromatic heterocycles. The van der Waals surface area contributed by atoms with Crippen molar-refractivity contribution in [2.75, 3.05) is 4.90 Å². The molecule has 5 nitrogen and oxygen atoms in total. The van der Waals surface area contributed by atoms with E-state index in [-0.39, 0.29) is 35.5 Å². The third-order valence-electron chi connectivity index (χ3n) is 5.48. The van der Waals surface area contributed by atoms with Crippen molar-refractivity contribution in [3.63, 3.8) is 0 Å². The fourth-order valence-corrected chi connectivity index (χ4v) is 4.99. The summed E-state index contributed by atoms with van der Waals surface area (Å²) in [4.78, 5) is 39.6. The lowest BCUT2D eigenvalue weighted by molar-refractivity contribution is -0.123. The Balaban J connectivity index is 1.42. The minimum Gasteiger partial charge on any atom is -0.422 e. The highest BCUT2D eigenvalue weighted by molar-refractivity contribution is 7.12. The number of benzene rings is 1. The van der Waals surface area contributed by atoms with Crippen molar-refractivity contribution in [1.82, 2.24) is 0 Å². The third kappa shape index (κ3) is 2.18. The number of allylic oxidation sites excluding steroid dienone is 2. The minimum absolute atomic E-state index is 0.140. The predicted octanol–water partition coefficient (Wildman–Crippen LogP) is 3.28. The van der Waals surface area contributed by atoms with Crippen LogP contribution in [-0.2, 0) is 9.59 Å². The number of fused-ring (bicyclic) bond motifs is 5. The average molecular weight is 365 g/mol. The van der Waals surface area contributed by atoms with Crippen LogP contribution in [0.15, 0.2) is 53.9 Å². The van der Waals surface area contributed by atoms with Gasteiger partial charge in [0.15, 0.2) is 0 Å². The Hall–Kier alpha value is -2.73. The van der Waals surface area contributed by atoms with Crippen molar-refractivity contribution in [2.24, 2.45) is 23.7 Å². The van der Waals surface area contributed by atoms with Crippen molar-refractivity contribution in [3.8, 4) is 5.75 Å². The van der Waals surface area contributed by atoms with E-state index in [1.165, 1.54) is 16.2 Å². The summed E-state index contributed by atoms with van der Waals surface area (Å²) in [5, 5.41) is 1.80. The van der Waals surface area contributed by atoms with Gasteiger partial charge in [-0.3, -0.25) is 9.59 Å². The molecule has 2 aromatic rings. The molecule has 1 saturated heterocycles. The van der Waals surface area contributed by atoms with Crippen LogP contribution < -0.4 is 9.64 Å². The van der Waals surface area contributed by atoms with Gasteiger partial charge in [0, 0.05) is 6.07 Å². The summed E-state index contributed by atoms with van der Waals surface area (Å²) in [5.41, 5.74) is 0.463. The Bertz CT molecular complexity index is 918. The topological polar surface area (TPSA) is 63.7 Å². The number of hydrogen-bond acceptors (Lipinski definition) is 5. The molecule has 2 aliphatic carbocycles. The number of hydrogen-bond donors (Lipinski definition) is 0. The molecule has 0 spiro atoms. The molecule has 6 heteroatoms. The minimum atomic E-state index is -0.449. The zero-order chi connectivity index (χ0) is 17.8. The average Bonchev–Trinajstić information content (AvgIpc) is 3.39. The molecule has 3 aliphatic rings. The van der Waals surface area contributed by atoms with Crippen LogP contribution in [0.2, 0.25) is 0 Å². The van der Waals surface area contributed by atoms with Gasteiger partial charge in [0.25, 0.3) is 0 Å². The van der Waals surface area contributed by atoms with E-state index in [0.29, 0.717) is 16.3 Å². The van der Waals surface area contributed by atoms with Crippen LogP contribution in [0, 0.1) is 23.7 Å². The number of carbonyl (C=O) groups excluding carboxylic acids is 3. The molecule has 2 bridgehead atoms. The van der Waals surface area contributed by atoms with Gasteiger partial charge in [0.1, 0.15) is 10.6 Å². The summed E-state index contributed by atoms with van der Waals surface area (Å²) < 4.78 is 5.39. The summed E-state index contributed by atoms with van der Waals surface area (Å²) in [6.45, 7) is 0. The first-order valence-corrected chi connectivity index (χ1v) is 9.43. The van der Waals surface area contributed by atoms with E-state index in [4.69, 9.17) is 4.74 Å². The number of esters is 1. The van der Waals surface area contributed by atoms with Gasteiger partial charge in [-0.15, -0.1) is 11.3 Å². The SMILES string of the molecule is O=C(Oc1cccc(N2C(=O)[C@H]3[C@H](C2=O)[C@H]2C=C[C@H]3C2)c1)c1cccs1. The first-order chi connectivity index (χ1) is 12.6. The second-order valence-electron chi connectivity index (χ2n) is 6.88. The molecule has 1 aromatic carbocycles. The van der Waals surface area contributed by atoms with E-state index in [0.717, 1.165) is 6.42 Å². The molecule has 130 valence electrons. The number of anilines is 1. The first-order valence-electron chi connectivity index (χ1n) is 8.55. The number of nitrogens with zero attached hydrogens (tertiary/aromatic N) is 1. The maximum Gasteiger partial charge on any atom is 0.353 e. The molecule has 0 N–H and O–H groups in total. The lowest BCUT2D eigenvalue weighted by atomic mass is 9.85. The highest BCUT2D eigenvalue weighted by atomic mass is 32.1. The molecule has 5 rings (SSSR count). The second-order valence-corrected chi connectivity index (χ2v) is 7.82. The lowest BCUT2D eigenvalue weighted by Gasteiger charge is -2.17. The van der Waals surface area contributed by atoms with Crippen LogP contribution in [-0.4, -0.2) is 17.8 Å². The van der Waals surface area contributed by atoms with Crippen LogP contribution in [0.25, 0.3) is 0 Å². The van der Waals surface area contributed by atoms with E-state index >= 15 is 0 Å². The van der Waals surface area contributed by atoms with Gasteiger partial charge in [-0.25, -0.2) is 9.69 Å². The van der Waals surface area contributed by atoms with E-state index in [1.807, 2.05) is 0 Å². The summed E-state index contributed by atoms with van der Waals surface area (Å²) in [6, 6.07) is 10.1. The number of carbonyl (C=O) groups is 3. The van der Waals surface area contributed by atoms with Crippen molar-refractivity contribution in [3.05, 3.63) is 58.8 Å². The van der Waals surface area contributed by atoms with Crippen LogP contribution in [0.5, 0.6) is 5.75 Å². The van der Waals surface area contributed by atoms with E-state index < -0.39 is 5.97 Å². The number of rotatable bonds is 3. The quantitative estimate of drug-likeness (QED) is 0.362. The Kier molecular flexibility index (Phi) is 3.37. The highest BCUT2D eigenvalue weighted by Crippen LogP contribution is 2.53. The summed E-state index contributed by atoms with van der Waals surface area (Å²) in [7, 11) is 0. The van der Waals surface area contributed by atoms with E-state index in [9.17, 15) is 14.4 Å². The zero-order valence-corrected chi connectivity index (χ0v) is 14.5. The van der Waals surface area contributed by atoms with Gasteiger partial charge in [0.05, 0.1) is 17.5 Å². The Labute approximate surface area is 153 Å². The van der Waals surface area contributed by atoms with E-state index in [2.05, 4.69) is 12.2 Å². The van der Waals surface area contributed by atoms with Crippen LogP contribution >= 0.6 is 11.3 Å². The summed E-state index contributed by atoms with van der Waals surface area (Å²) >= 11 is 1.30. The number of amides is 2. The molecule has 2 heterocycles. The summed E-state index contributed by atoms with van der Waals surface area (Å²) in [5.74, 6) is -0.547. The summed E-state index contributed by atoms with van der Waals surface area (Å²) in [6.07, 6.45) is 5.04. The number of imide groups is 1. The van der Waals surface area contributed by atoms with Crippen molar-refractivity contribution in [2.45, 2.75) is 6.42 Å². The largest absolute Gasteiger partial charge is 0.422 e. The maximum absolute atomic E-state index is 12.9. The molecule has 2 fully saturated rings. The molecule has 1 saturated carbocycles. The molecule has 0 unspecified atom stereocenters. The Morgan fingerprint density at radius 1 is 1.04 bits per heavy atom. The van der Waals surface area contributed by atoms with Gasteiger partial charge >= 0.3 is 5.97 Å². The third-order valence-corrected chi connectivity index (χ3v) is 6.33. The molecule has 1 aliphatic heterocycles.